The lowest BCUT2D eigenvalue weighted by atomic mass is 9.86. The highest BCUT2D eigenvalue weighted by molar-refractivity contribution is 8.13. The molecule has 0 aromatic heterocycles. The molecule has 0 aromatic carbocycles. The highest BCUT2D eigenvalue weighted by Gasteiger charge is 2.23. The van der Waals surface area contributed by atoms with E-state index >= 15 is 0 Å². The lowest BCUT2D eigenvalue weighted by Gasteiger charge is -2.31. The van der Waals surface area contributed by atoms with Crippen LogP contribution >= 0.6 is 11.8 Å². The van der Waals surface area contributed by atoms with E-state index in [0.717, 1.165) is 18.4 Å². The number of hydrogen-bond donors (Lipinski definition) is 1. The summed E-state index contributed by atoms with van der Waals surface area (Å²) in [7, 11) is 0. The maximum Gasteiger partial charge on any atom is 0.156 e. The normalized spacial score (nSPS) is 37.2. The van der Waals surface area contributed by atoms with Crippen LogP contribution in [0.1, 0.15) is 39.5 Å². The van der Waals surface area contributed by atoms with Crippen molar-refractivity contribution in [3.8, 4) is 0 Å². The van der Waals surface area contributed by atoms with Gasteiger partial charge in [-0.25, -0.2) is 0 Å². The van der Waals surface area contributed by atoms with Crippen LogP contribution in [0, 0.1) is 11.8 Å². The Morgan fingerprint density at radius 3 is 2.73 bits per heavy atom. The van der Waals surface area contributed by atoms with Crippen molar-refractivity contribution in [3.05, 3.63) is 0 Å². The third-order valence-electron chi connectivity index (χ3n) is 3.47. The summed E-state index contributed by atoms with van der Waals surface area (Å²) in [6.07, 6.45) is 5.51. The minimum absolute atomic E-state index is 0.679. The van der Waals surface area contributed by atoms with Crippen molar-refractivity contribution in [2.24, 2.45) is 16.8 Å². The third kappa shape index (κ3) is 3.13. The van der Waals surface area contributed by atoms with Crippen LogP contribution in [0.4, 0.5) is 0 Å². The Kier molecular flexibility index (Phi) is 3.95. The second kappa shape index (κ2) is 5.24. The zero-order valence-electron chi connectivity index (χ0n) is 9.83. The average Bonchev–Trinajstić information content (AvgIpc) is 2.25. The van der Waals surface area contributed by atoms with E-state index in [0.29, 0.717) is 6.04 Å². The summed E-state index contributed by atoms with van der Waals surface area (Å²) in [4.78, 5) is 4.61. The third-order valence-corrected chi connectivity index (χ3v) is 4.73. The molecule has 2 nitrogen and oxygen atoms in total. The van der Waals surface area contributed by atoms with Gasteiger partial charge in [0.15, 0.2) is 5.17 Å². The first kappa shape index (κ1) is 11.3. The van der Waals surface area contributed by atoms with E-state index in [1.807, 2.05) is 11.8 Å². The van der Waals surface area contributed by atoms with Gasteiger partial charge in [-0.2, -0.15) is 0 Å². The van der Waals surface area contributed by atoms with Gasteiger partial charge >= 0.3 is 0 Å². The molecule has 0 aromatic rings. The SMILES string of the molecule is CC1CN=C(NC2CCCCC2C)SC1. The van der Waals surface area contributed by atoms with Crippen molar-refractivity contribution in [1.29, 1.82) is 0 Å². The van der Waals surface area contributed by atoms with E-state index in [1.54, 1.807) is 0 Å². The first-order chi connectivity index (χ1) is 7.25. The van der Waals surface area contributed by atoms with Crippen molar-refractivity contribution in [2.45, 2.75) is 45.6 Å². The molecule has 1 N–H and O–H groups in total. The van der Waals surface area contributed by atoms with Gasteiger partial charge in [0.05, 0.1) is 0 Å². The molecule has 0 saturated heterocycles. The van der Waals surface area contributed by atoms with Crippen LogP contribution < -0.4 is 5.32 Å². The molecule has 3 atom stereocenters. The fraction of sp³-hybridized carbons (Fsp3) is 0.917. The van der Waals surface area contributed by atoms with Crippen molar-refractivity contribution in [2.75, 3.05) is 12.3 Å². The summed E-state index contributed by atoms with van der Waals surface area (Å²) in [5.41, 5.74) is 0. The number of nitrogens with zero attached hydrogens (tertiary/aromatic N) is 1. The van der Waals surface area contributed by atoms with Crippen LogP contribution in [-0.2, 0) is 0 Å². The average molecular weight is 226 g/mol. The molecule has 0 amide bonds. The predicted octanol–water partition coefficient (Wildman–Crippen LogP) is 2.89. The van der Waals surface area contributed by atoms with Gasteiger partial charge in [0, 0.05) is 18.3 Å². The highest BCUT2D eigenvalue weighted by Crippen LogP contribution is 2.25. The van der Waals surface area contributed by atoms with Crippen molar-refractivity contribution < 1.29 is 0 Å². The van der Waals surface area contributed by atoms with E-state index in [2.05, 4.69) is 24.2 Å². The second-order valence-corrected chi connectivity index (χ2v) is 6.08. The molecule has 0 bridgehead atoms. The lowest BCUT2D eigenvalue weighted by molar-refractivity contribution is 0.309. The molecule has 1 aliphatic carbocycles. The monoisotopic (exact) mass is 226 g/mol. The molecule has 1 heterocycles. The summed E-state index contributed by atoms with van der Waals surface area (Å²) < 4.78 is 0. The largest absolute Gasteiger partial charge is 0.362 e. The van der Waals surface area contributed by atoms with Crippen LogP contribution in [-0.4, -0.2) is 23.5 Å². The summed E-state index contributed by atoms with van der Waals surface area (Å²) in [6.45, 7) is 5.65. The van der Waals surface area contributed by atoms with Gasteiger partial charge in [-0.1, -0.05) is 38.5 Å². The lowest BCUT2D eigenvalue weighted by Crippen LogP contribution is -2.41. The number of nitrogens with one attached hydrogen (secondary N) is 1. The number of aliphatic imine (C=N–C) groups is 1. The van der Waals surface area contributed by atoms with Gasteiger partial charge in [0.1, 0.15) is 0 Å². The van der Waals surface area contributed by atoms with Crippen LogP contribution in [0.2, 0.25) is 0 Å². The van der Waals surface area contributed by atoms with Gasteiger partial charge in [-0.15, -0.1) is 0 Å². The maximum atomic E-state index is 4.61. The number of amidine groups is 1. The zero-order valence-corrected chi connectivity index (χ0v) is 10.6. The molecule has 3 heteroatoms. The smallest absolute Gasteiger partial charge is 0.156 e. The molecule has 0 radical (unpaired) electrons. The molecule has 1 aliphatic heterocycles. The number of hydrogen-bond acceptors (Lipinski definition) is 3. The molecule has 2 aliphatic rings. The molecule has 0 spiro atoms. The van der Waals surface area contributed by atoms with Gasteiger partial charge in [-0.3, -0.25) is 4.99 Å². The fourth-order valence-electron chi connectivity index (χ4n) is 2.33. The molecule has 2 rings (SSSR count). The number of thioether (sulfide) groups is 1. The van der Waals surface area contributed by atoms with Gasteiger partial charge in [0.25, 0.3) is 0 Å². The Bertz CT molecular complexity index is 240. The zero-order chi connectivity index (χ0) is 10.7. The molecular formula is C12H22N2S. The van der Waals surface area contributed by atoms with Crippen LogP contribution in [0.25, 0.3) is 0 Å². The fourth-order valence-corrected chi connectivity index (χ4v) is 3.28. The number of rotatable bonds is 1. The standard InChI is InChI=1S/C12H22N2S/c1-9-7-13-12(15-8-9)14-11-6-4-3-5-10(11)2/h9-11H,3-8H2,1-2H3,(H,13,14). The summed E-state index contributed by atoms with van der Waals surface area (Å²) >= 11 is 1.91. The molecule has 3 unspecified atom stereocenters. The molecule has 86 valence electrons. The maximum absolute atomic E-state index is 4.61. The van der Waals surface area contributed by atoms with Gasteiger partial charge in [-0.05, 0) is 24.7 Å². The Morgan fingerprint density at radius 1 is 1.27 bits per heavy atom. The predicted molar refractivity (Wildman–Crippen MR) is 68.5 cm³/mol. The van der Waals surface area contributed by atoms with Crippen LogP contribution in [0.5, 0.6) is 0 Å². The summed E-state index contributed by atoms with van der Waals surface area (Å²) in [5, 5.41) is 4.84. The quantitative estimate of drug-likeness (QED) is 0.743. The van der Waals surface area contributed by atoms with E-state index < -0.39 is 0 Å². The van der Waals surface area contributed by atoms with E-state index in [4.69, 9.17) is 0 Å². The van der Waals surface area contributed by atoms with Crippen LogP contribution in [0.3, 0.4) is 0 Å². The van der Waals surface area contributed by atoms with Gasteiger partial charge < -0.3 is 5.32 Å². The Morgan fingerprint density at radius 2 is 2.07 bits per heavy atom. The van der Waals surface area contributed by atoms with Crippen LogP contribution in [0.15, 0.2) is 4.99 Å². The Hall–Kier alpha value is -0.180. The van der Waals surface area contributed by atoms with E-state index in [-0.39, 0.29) is 0 Å². The van der Waals surface area contributed by atoms with Crippen molar-refractivity contribution in [1.82, 2.24) is 5.32 Å². The Balaban J connectivity index is 1.85. The second-order valence-electron chi connectivity index (χ2n) is 5.07. The van der Waals surface area contributed by atoms with E-state index in [1.165, 1.54) is 36.6 Å². The molecular weight excluding hydrogens is 204 g/mol. The minimum Gasteiger partial charge on any atom is -0.362 e. The van der Waals surface area contributed by atoms with E-state index in [9.17, 15) is 0 Å². The first-order valence-electron chi connectivity index (χ1n) is 6.19. The summed E-state index contributed by atoms with van der Waals surface area (Å²) in [6, 6.07) is 0.679. The van der Waals surface area contributed by atoms with Gasteiger partial charge in [0.2, 0.25) is 0 Å². The molecule has 1 fully saturated rings. The van der Waals surface area contributed by atoms with Crippen molar-refractivity contribution in [3.63, 3.8) is 0 Å². The highest BCUT2D eigenvalue weighted by atomic mass is 32.2. The minimum atomic E-state index is 0.679. The Labute approximate surface area is 97.3 Å². The molecule has 1 saturated carbocycles. The summed E-state index contributed by atoms with van der Waals surface area (Å²) in [5.74, 6) is 2.80. The topological polar surface area (TPSA) is 24.4 Å². The van der Waals surface area contributed by atoms with Crippen molar-refractivity contribution >= 4 is 16.9 Å². The molecule has 15 heavy (non-hydrogen) atoms. The first-order valence-corrected chi connectivity index (χ1v) is 7.18.